The Morgan fingerprint density at radius 2 is 1.00 bits per heavy atom. The molecule has 21 valence electrons. The van der Waals surface area contributed by atoms with Crippen molar-refractivity contribution < 1.29 is 74.8 Å². The molecule has 0 nitrogen and oxygen atoms in total. The minimum atomic E-state index is 0. The fraction of sp³-hybridized carbons (Fsp3) is 0. The summed E-state index contributed by atoms with van der Waals surface area (Å²) in [7, 11) is 0. The predicted molar refractivity (Wildman–Crippen MR) is 5.75 cm³/mol. The Labute approximate surface area is 120 Å². The van der Waals surface area contributed by atoms with E-state index in [4.69, 9.17) is 0 Å². The van der Waals surface area contributed by atoms with Gasteiger partial charge in [0.05, 0.1) is 0 Å². The van der Waals surface area contributed by atoms with Crippen LogP contribution in [0.2, 0.25) is 0 Å². The molecule has 0 aromatic heterocycles. The van der Waals surface area contributed by atoms with Crippen LogP contribution in [-0.2, 0) is 74.8 Å². The maximum atomic E-state index is 0. The van der Waals surface area contributed by atoms with Crippen LogP contribution in [0, 0.1) is 0 Å². The molecule has 0 aliphatic carbocycles. The SMILES string of the molecule is [Ba].[Pt].[W].[Y]. The molecule has 0 N–H and O–H groups in total. The Bertz CT molecular complexity index is 8.00. The van der Waals surface area contributed by atoms with Gasteiger partial charge >= 0.3 is 0 Å². The summed E-state index contributed by atoms with van der Waals surface area (Å²) in [6, 6.07) is 0. The molecule has 0 spiro atoms. The van der Waals surface area contributed by atoms with Crippen LogP contribution in [0.1, 0.15) is 0 Å². The second-order valence-electron chi connectivity index (χ2n) is 0. The third-order valence-electron chi connectivity index (χ3n) is 0. The summed E-state index contributed by atoms with van der Waals surface area (Å²) >= 11 is 0. The Morgan fingerprint density at radius 3 is 1.00 bits per heavy atom. The second kappa shape index (κ2) is 15.7. The first-order valence-electron chi connectivity index (χ1n) is 0. The van der Waals surface area contributed by atoms with Crippen LogP contribution >= 0.6 is 0 Å². The van der Waals surface area contributed by atoms with E-state index < -0.39 is 0 Å². The Morgan fingerprint density at radius 1 is 1.00 bits per heavy atom. The molecule has 0 saturated heterocycles. The van der Waals surface area contributed by atoms with Gasteiger partial charge in [-0.1, -0.05) is 0 Å². The molecular formula is BaPtWY. The first-order valence-corrected chi connectivity index (χ1v) is 0. The average Bonchev–Trinajstić information content (AvgIpc) is 0. The molecular weight excluding hydrogens is 605 g/mol. The van der Waals surface area contributed by atoms with Crippen molar-refractivity contribution in [3.05, 3.63) is 0 Å². The third kappa shape index (κ3) is 9.41. The number of rotatable bonds is 0. The monoisotopic (exact) mass is 606 g/mol. The Balaban J connectivity index is 0. The topological polar surface area (TPSA) is 0 Å². The van der Waals surface area contributed by atoms with Crippen molar-refractivity contribution in [3.63, 3.8) is 0 Å². The van der Waals surface area contributed by atoms with Gasteiger partial charge in [-0.15, -0.1) is 0 Å². The van der Waals surface area contributed by atoms with Gasteiger partial charge < -0.3 is 0 Å². The Kier molecular flexibility index (Phi) is 95.9. The van der Waals surface area contributed by atoms with Crippen molar-refractivity contribution in [2.24, 2.45) is 0 Å². The molecule has 0 heterocycles. The van der Waals surface area contributed by atoms with Crippen LogP contribution in [0.5, 0.6) is 0 Å². The molecule has 0 fully saturated rings. The second-order valence-corrected chi connectivity index (χ2v) is 0. The average molecular weight is 605 g/mol. The van der Waals surface area contributed by atoms with Crippen molar-refractivity contribution >= 4 is 48.9 Å². The summed E-state index contributed by atoms with van der Waals surface area (Å²) in [5.41, 5.74) is 0. The molecule has 0 aromatic carbocycles. The van der Waals surface area contributed by atoms with E-state index in [1.807, 2.05) is 0 Å². The fourth-order valence-electron chi connectivity index (χ4n) is 0. The van der Waals surface area contributed by atoms with Gasteiger partial charge in [0.15, 0.2) is 0 Å². The van der Waals surface area contributed by atoms with E-state index in [-0.39, 0.29) is 124 Å². The van der Waals surface area contributed by atoms with Gasteiger partial charge in [-0.25, -0.2) is 0 Å². The molecule has 0 unspecified atom stereocenters. The summed E-state index contributed by atoms with van der Waals surface area (Å²) < 4.78 is 0. The first-order chi connectivity index (χ1) is 0. The normalized spacial score (nSPS) is 0. The van der Waals surface area contributed by atoms with Gasteiger partial charge in [-0.2, -0.15) is 0 Å². The minimum Gasteiger partial charge on any atom is 0 e. The first kappa shape index (κ1) is 24.4. The van der Waals surface area contributed by atoms with E-state index in [1.165, 1.54) is 0 Å². The summed E-state index contributed by atoms with van der Waals surface area (Å²) in [6.07, 6.45) is 0. The van der Waals surface area contributed by atoms with Gasteiger partial charge in [-0.3, -0.25) is 0 Å². The molecule has 4 heteroatoms. The van der Waals surface area contributed by atoms with Crippen molar-refractivity contribution in [3.8, 4) is 0 Å². The van der Waals surface area contributed by atoms with Gasteiger partial charge in [0.1, 0.15) is 0 Å². The van der Waals surface area contributed by atoms with Crippen molar-refractivity contribution in [1.82, 2.24) is 0 Å². The molecule has 0 bridgehead atoms. The Hall–Kier alpha value is 4.05. The van der Waals surface area contributed by atoms with E-state index in [0.717, 1.165) is 0 Å². The van der Waals surface area contributed by atoms with Crippen LogP contribution < -0.4 is 0 Å². The smallest absolute Gasteiger partial charge is 0 e. The number of hydrogen-bond acceptors (Lipinski definition) is 0. The summed E-state index contributed by atoms with van der Waals surface area (Å²) in [4.78, 5) is 0. The molecule has 3 radical (unpaired) electrons. The van der Waals surface area contributed by atoms with Gasteiger partial charge in [0.2, 0.25) is 0 Å². The summed E-state index contributed by atoms with van der Waals surface area (Å²) in [5, 5.41) is 0. The molecule has 0 aliphatic rings. The third-order valence-corrected chi connectivity index (χ3v) is 0. The van der Waals surface area contributed by atoms with Crippen molar-refractivity contribution in [2.75, 3.05) is 0 Å². The largest absolute Gasteiger partial charge is 0 e. The number of hydrogen-bond donors (Lipinski definition) is 0. The maximum absolute atomic E-state index is 0. The predicted octanol–water partition coefficient (Wildman–Crippen LogP) is -0.388. The van der Waals surface area contributed by atoms with Crippen molar-refractivity contribution in [1.29, 1.82) is 0 Å². The zero-order valence-electron chi connectivity index (χ0n) is 2.01. The van der Waals surface area contributed by atoms with Crippen LogP contribution in [0.15, 0.2) is 0 Å². The van der Waals surface area contributed by atoms with Crippen LogP contribution in [-0.4, -0.2) is 48.9 Å². The van der Waals surface area contributed by atoms with E-state index in [1.54, 1.807) is 0 Å². The summed E-state index contributed by atoms with van der Waals surface area (Å²) in [5.74, 6) is 0. The quantitative estimate of drug-likeness (QED) is 0.331. The molecule has 0 atom stereocenters. The van der Waals surface area contributed by atoms with E-state index in [2.05, 4.69) is 0 Å². The fourth-order valence-corrected chi connectivity index (χ4v) is 0. The molecule has 4 heavy (non-hydrogen) atoms. The van der Waals surface area contributed by atoms with Crippen LogP contribution in [0.3, 0.4) is 0 Å². The van der Waals surface area contributed by atoms with Gasteiger partial charge in [0.25, 0.3) is 0 Å². The molecule has 0 saturated carbocycles. The van der Waals surface area contributed by atoms with Crippen molar-refractivity contribution in [2.45, 2.75) is 0 Å². The molecule has 0 aliphatic heterocycles. The minimum absolute atomic E-state index is 0. The van der Waals surface area contributed by atoms with E-state index in [9.17, 15) is 0 Å². The zero-order valence-corrected chi connectivity index (χ0v) is 14.5. The molecule has 0 aromatic rings. The summed E-state index contributed by atoms with van der Waals surface area (Å²) in [6.45, 7) is 0. The van der Waals surface area contributed by atoms with E-state index in [0.29, 0.717) is 0 Å². The van der Waals surface area contributed by atoms with Gasteiger partial charge in [-0.05, 0) is 0 Å². The molecule has 0 amide bonds. The van der Waals surface area contributed by atoms with E-state index >= 15 is 0 Å². The zero-order chi connectivity index (χ0) is 0. The van der Waals surface area contributed by atoms with Crippen LogP contribution in [0.4, 0.5) is 0 Å². The van der Waals surface area contributed by atoms with Crippen LogP contribution in [0.25, 0.3) is 0 Å². The maximum Gasteiger partial charge on any atom is 0 e. The standard InChI is InChI=1S/Ba.Pt.W.Y. The molecule has 0 rings (SSSR count). The van der Waals surface area contributed by atoms with Gasteiger partial charge in [0, 0.05) is 124 Å².